The van der Waals surface area contributed by atoms with Crippen LogP contribution in [0.15, 0.2) is 78.9 Å². The predicted octanol–water partition coefficient (Wildman–Crippen LogP) is 4.86. The number of thiol groups is 1. The number of benzene rings is 3. The lowest BCUT2D eigenvalue weighted by Crippen LogP contribution is -2.32. The van der Waals surface area contributed by atoms with Crippen LogP contribution in [0.2, 0.25) is 0 Å². The van der Waals surface area contributed by atoms with Gasteiger partial charge in [-0.25, -0.2) is 4.79 Å². The Balaban J connectivity index is 1.92. The average Bonchev–Trinajstić information content (AvgIpc) is 2.95. The number of rotatable bonds is 14. The first-order valence-corrected chi connectivity index (χ1v) is 12.9. The number of nitrogens with one attached hydrogen (secondary N) is 1. The summed E-state index contributed by atoms with van der Waals surface area (Å²) in [6.45, 7) is 1.27. The third-order valence-electron chi connectivity index (χ3n) is 5.51. The molecule has 0 bridgehead atoms. The van der Waals surface area contributed by atoms with E-state index in [2.05, 4.69) is 17.9 Å². The first-order valence-electron chi connectivity index (χ1n) is 12.3. The Kier molecular flexibility index (Phi) is 11.7. The predicted molar refractivity (Wildman–Crippen MR) is 149 cm³/mol. The smallest absolute Gasteiger partial charge is 0.412 e. The fourth-order valence-corrected chi connectivity index (χ4v) is 3.76. The molecule has 10 heteroatoms. The normalized spacial score (nSPS) is 12.1. The molecule has 0 aliphatic carbocycles. The Hall–Kier alpha value is -4.02. The molecule has 2 N–H and O–H groups in total. The summed E-state index contributed by atoms with van der Waals surface area (Å²) in [4.78, 5) is 36.4. The van der Waals surface area contributed by atoms with Gasteiger partial charge in [-0.1, -0.05) is 36.4 Å². The summed E-state index contributed by atoms with van der Waals surface area (Å²) in [5.74, 6) is 0.248. The largest absolute Gasteiger partial charge is 0.491 e. The lowest BCUT2D eigenvalue weighted by molar-refractivity contribution is -0.141. The van der Waals surface area contributed by atoms with Crippen LogP contribution in [0.1, 0.15) is 35.4 Å². The molecule has 0 heterocycles. The maximum Gasteiger partial charge on any atom is 0.412 e. The second-order valence-electron chi connectivity index (χ2n) is 8.33. The van der Waals surface area contributed by atoms with Gasteiger partial charge in [0.1, 0.15) is 24.2 Å². The Morgan fingerprint density at radius 2 is 1.62 bits per heavy atom. The van der Waals surface area contributed by atoms with E-state index in [-0.39, 0.29) is 37.8 Å². The topological polar surface area (TPSA) is 120 Å². The van der Waals surface area contributed by atoms with Gasteiger partial charge in [0, 0.05) is 23.2 Å². The van der Waals surface area contributed by atoms with E-state index in [1.807, 2.05) is 6.07 Å². The molecule has 0 spiro atoms. The highest BCUT2D eigenvalue weighted by Crippen LogP contribution is 2.34. The van der Waals surface area contributed by atoms with Gasteiger partial charge in [-0.05, 0) is 49.4 Å². The quantitative estimate of drug-likeness (QED) is 0.147. The first-order chi connectivity index (χ1) is 18.9. The molecule has 0 aliphatic rings. The number of hydrogen-bond donors (Lipinski definition) is 3. The van der Waals surface area contributed by atoms with E-state index in [0.717, 1.165) is 0 Å². The molecule has 0 saturated carbocycles. The number of amides is 1. The van der Waals surface area contributed by atoms with E-state index < -0.39 is 24.3 Å². The molecule has 0 aromatic heterocycles. The number of aliphatic hydroxyl groups excluding tert-OH is 1. The van der Waals surface area contributed by atoms with Crippen LogP contribution in [-0.4, -0.2) is 54.6 Å². The summed E-state index contributed by atoms with van der Waals surface area (Å²) < 4.78 is 23.1. The van der Waals surface area contributed by atoms with Crippen molar-refractivity contribution in [1.82, 2.24) is 0 Å². The number of carbonyl (C=O) groups is 3. The van der Waals surface area contributed by atoms with Gasteiger partial charge >= 0.3 is 12.1 Å². The number of para-hydroxylation sites is 2. The van der Waals surface area contributed by atoms with Crippen molar-refractivity contribution in [3.8, 4) is 11.5 Å². The van der Waals surface area contributed by atoms with E-state index in [0.29, 0.717) is 28.3 Å². The maximum absolute atomic E-state index is 13.1. The highest BCUT2D eigenvalue weighted by molar-refractivity contribution is 7.81. The summed E-state index contributed by atoms with van der Waals surface area (Å²) in [5, 5.41) is 12.0. The second-order valence-corrected chi connectivity index (χ2v) is 8.65. The lowest BCUT2D eigenvalue weighted by atomic mass is 10.0. The van der Waals surface area contributed by atoms with Crippen molar-refractivity contribution >= 4 is 36.2 Å². The van der Waals surface area contributed by atoms with Crippen molar-refractivity contribution in [3.05, 3.63) is 90.0 Å². The van der Waals surface area contributed by atoms with Gasteiger partial charge < -0.3 is 24.1 Å². The summed E-state index contributed by atoms with van der Waals surface area (Å²) >= 11 is 3.94. The lowest BCUT2D eigenvalue weighted by Gasteiger charge is -2.29. The number of anilines is 1. The first kappa shape index (κ1) is 29.5. The molecule has 3 aromatic carbocycles. The van der Waals surface area contributed by atoms with Crippen molar-refractivity contribution in [2.24, 2.45) is 0 Å². The molecule has 206 valence electrons. The molecule has 0 unspecified atom stereocenters. The Bertz CT molecular complexity index is 1220. The van der Waals surface area contributed by atoms with Crippen LogP contribution in [-0.2, 0) is 14.3 Å². The van der Waals surface area contributed by atoms with Crippen molar-refractivity contribution in [2.75, 3.05) is 30.9 Å². The molecular weight excluding hydrogens is 522 g/mol. The average molecular weight is 554 g/mol. The second kappa shape index (κ2) is 15.4. The van der Waals surface area contributed by atoms with Crippen LogP contribution in [0.3, 0.4) is 0 Å². The molecule has 39 heavy (non-hydrogen) atoms. The summed E-state index contributed by atoms with van der Waals surface area (Å²) in [7, 11) is 0. The summed E-state index contributed by atoms with van der Waals surface area (Å²) in [6.07, 6.45) is -2.41. The monoisotopic (exact) mass is 553 g/mol. The standard InChI is InChI=1S/C29H31NO8S/c1-20(32)21-11-13-22(14-12-21)30-29(34)38-28(24-9-5-6-10-25(24)35-18-16-31)26(15-17-36-27(33)19-39)37-23-7-3-2-4-8-23/h2-14,26,28,31,39H,15-19H2,1H3,(H,30,34)/t26-,28-/m0/s1. The molecular formula is C29H31NO8S. The van der Waals surface area contributed by atoms with Crippen LogP contribution in [0, 0.1) is 0 Å². The van der Waals surface area contributed by atoms with Gasteiger partial charge in [0.05, 0.1) is 19.0 Å². The van der Waals surface area contributed by atoms with Crippen molar-refractivity contribution in [2.45, 2.75) is 25.6 Å². The third kappa shape index (κ3) is 9.35. The highest BCUT2D eigenvalue weighted by atomic mass is 32.1. The molecule has 2 atom stereocenters. The molecule has 0 radical (unpaired) electrons. The SMILES string of the molecule is CC(=O)c1ccc(NC(=O)O[C@@H](c2ccccc2OCCO)[C@H](CCOC(=O)CS)Oc2ccccc2)cc1. The molecule has 3 rings (SSSR count). The van der Waals surface area contributed by atoms with Crippen molar-refractivity contribution in [3.63, 3.8) is 0 Å². The molecule has 1 amide bonds. The number of Topliss-reactive ketones (excluding diaryl/α,β-unsaturated/α-hetero) is 1. The van der Waals surface area contributed by atoms with Crippen LogP contribution < -0.4 is 14.8 Å². The number of ketones is 1. The van der Waals surface area contributed by atoms with E-state index in [1.165, 1.54) is 6.92 Å². The summed E-state index contributed by atoms with van der Waals surface area (Å²) in [6, 6.07) is 22.3. The Labute approximate surface area is 232 Å². The minimum Gasteiger partial charge on any atom is -0.491 e. The fraction of sp³-hybridized carbons (Fsp3) is 0.276. The molecule has 3 aromatic rings. The van der Waals surface area contributed by atoms with Gasteiger partial charge in [0.25, 0.3) is 0 Å². The number of carbonyl (C=O) groups excluding carboxylic acids is 3. The zero-order chi connectivity index (χ0) is 28.0. The molecule has 0 saturated heterocycles. The van der Waals surface area contributed by atoms with E-state index >= 15 is 0 Å². The molecule has 0 fully saturated rings. The van der Waals surface area contributed by atoms with Crippen LogP contribution >= 0.6 is 12.6 Å². The minimum atomic E-state index is -1.01. The van der Waals surface area contributed by atoms with Gasteiger partial charge in [0.2, 0.25) is 0 Å². The van der Waals surface area contributed by atoms with Gasteiger partial charge in [-0.2, -0.15) is 12.6 Å². The highest BCUT2D eigenvalue weighted by Gasteiger charge is 2.32. The van der Waals surface area contributed by atoms with Gasteiger partial charge in [-0.3, -0.25) is 14.9 Å². The van der Waals surface area contributed by atoms with Crippen LogP contribution in [0.4, 0.5) is 10.5 Å². The Morgan fingerprint density at radius 3 is 2.28 bits per heavy atom. The number of esters is 1. The summed E-state index contributed by atoms with van der Waals surface area (Å²) in [5.41, 5.74) is 1.43. The molecule has 9 nitrogen and oxygen atoms in total. The van der Waals surface area contributed by atoms with E-state index in [4.69, 9.17) is 18.9 Å². The zero-order valence-electron chi connectivity index (χ0n) is 21.4. The maximum atomic E-state index is 13.1. The van der Waals surface area contributed by atoms with E-state index in [1.54, 1.807) is 72.8 Å². The number of ether oxygens (including phenoxy) is 4. The molecule has 0 aliphatic heterocycles. The van der Waals surface area contributed by atoms with Crippen LogP contribution in [0.25, 0.3) is 0 Å². The van der Waals surface area contributed by atoms with Gasteiger partial charge in [0.15, 0.2) is 11.9 Å². The fourth-order valence-electron chi connectivity index (χ4n) is 3.67. The third-order valence-corrected chi connectivity index (χ3v) is 5.77. The van der Waals surface area contributed by atoms with Crippen LogP contribution in [0.5, 0.6) is 11.5 Å². The van der Waals surface area contributed by atoms with Gasteiger partial charge in [-0.15, -0.1) is 0 Å². The number of hydrogen-bond acceptors (Lipinski definition) is 9. The Morgan fingerprint density at radius 1 is 0.923 bits per heavy atom. The number of aliphatic hydroxyl groups is 1. The zero-order valence-corrected chi connectivity index (χ0v) is 22.3. The van der Waals surface area contributed by atoms with Crippen molar-refractivity contribution in [1.29, 1.82) is 0 Å². The minimum absolute atomic E-state index is 0.00938. The van der Waals surface area contributed by atoms with E-state index in [9.17, 15) is 19.5 Å². The van der Waals surface area contributed by atoms with Crippen molar-refractivity contribution < 1.29 is 38.4 Å².